The third kappa shape index (κ3) is 5.07. The molecule has 2 aromatic heterocycles. The summed E-state index contributed by atoms with van der Waals surface area (Å²) in [5, 5.41) is 4.83. The van der Waals surface area contributed by atoms with Gasteiger partial charge in [-0.25, -0.2) is 4.98 Å². The molecule has 6 nitrogen and oxygen atoms in total. The predicted molar refractivity (Wildman–Crippen MR) is 127 cm³/mol. The van der Waals surface area contributed by atoms with Gasteiger partial charge in [-0.1, -0.05) is 32.9 Å². The minimum absolute atomic E-state index is 0.346. The Balaban J connectivity index is 1.46. The van der Waals surface area contributed by atoms with Crippen LogP contribution >= 0.6 is 0 Å². The number of nitrogens with one attached hydrogen (secondary N) is 1. The van der Waals surface area contributed by atoms with Gasteiger partial charge in [0.05, 0.1) is 5.56 Å². The Morgan fingerprint density at radius 2 is 1.88 bits per heavy atom. The first-order chi connectivity index (χ1) is 15.3. The lowest BCUT2D eigenvalue weighted by molar-refractivity contribution is 0.1000. The van der Waals surface area contributed by atoms with Crippen LogP contribution < -0.4 is 15.8 Å². The highest BCUT2D eigenvalue weighted by Gasteiger charge is 2.29. The highest BCUT2D eigenvalue weighted by molar-refractivity contribution is 5.92. The van der Waals surface area contributed by atoms with E-state index in [0.29, 0.717) is 28.6 Å². The Kier molecular flexibility index (Phi) is 6.42. The number of carbonyl (C=O) groups excluding carboxylic acids is 1. The highest BCUT2D eigenvalue weighted by Crippen LogP contribution is 2.38. The van der Waals surface area contributed by atoms with Crippen molar-refractivity contribution in [1.82, 2.24) is 15.3 Å². The van der Waals surface area contributed by atoms with E-state index >= 15 is 0 Å². The maximum absolute atomic E-state index is 11.2. The van der Waals surface area contributed by atoms with E-state index in [2.05, 4.69) is 48.2 Å². The molecule has 1 aliphatic rings. The van der Waals surface area contributed by atoms with Crippen molar-refractivity contribution in [3.8, 4) is 11.6 Å². The van der Waals surface area contributed by atoms with Gasteiger partial charge in [-0.05, 0) is 60.8 Å². The monoisotopic (exact) mass is 432 g/mol. The molecule has 1 saturated carbocycles. The van der Waals surface area contributed by atoms with Gasteiger partial charge in [0.2, 0.25) is 11.8 Å². The van der Waals surface area contributed by atoms with Gasteiger partial charge in [-0.2, -0.15) is 0 Å². The Labute approximate surface area is 189 Å². The Hall–Kier alpha value is -2.99. The van der Waals surface area contributed by atoms with Crippen LogP contribution in [0, 0.1) is 11.3 Å². The minimum atomic E-state index is -0.514. The van der Waals surface area contributed by atoms with Crippen LogP contribution in [-0.4, -0.2) is 21.9 Å². The summed E-state index contributed by atoms with van der Waals surface area (Å²) >= 11 is 0. The van der Waals surface area contributed by atoms with Crippen LogP contribution in [-0.2, 0) is 6.54 Å². The quantitative estimate of drug-likeness (QED) is 0.558. The SMILES string of the molecule is CC(C)(C)[C@H]1CC[C@H](NCc2ccc(Oc3ccc(C(N)=O)cn3)c3ncccc23)CC1. The number of benzene rings is 1. The summed E-state index contributed by atoms with van der Waals surface area (Å²) in [7, 11) is 0. The molecule has 0 saturated heterocycles. The molecule has 1 aliphatic carbocycles. The van der Waals surface area contributed by atoms with Crippen molar-refractivity contribution < 1.29 is 9.53 Å². The Bertz CT molecular complexity index is 1080. The number of hydrogen-bond donors (Lipinski definition) is 2. The maximum atomic E-state index is 11.2. The van der Waals surface area contributed by atoms with Crippen LogP contribution in [0.25, 0.3) is 10.9 Å². The first-order valence-electron chi connectivity index (χ1n) is 11.3. The second-order valence-electron chi connectivity index (χ2n) is 9.77. The fourth-order valence-electron chi connectivity index (χ4n) is 4.56. The fraction of sp³-hybridized carbons (Fsp3) is 0.423. The average Bonchev–Trinajstić information content (AvgIpc) is 2.78. The van der Waals surface area contributed by atoms with Crippen LogP contribution in [0.2, 0.25) is 0 Å². The van der Waals surface area contributed by atoms with Crippen LogP contribution in [0.4, 0.5) is 0 Å². The summed E-state index contributed by atoms with van der Waals surface area (Å²) in [4.78, 5) is 20.0. The second-order valence-corrected chi connectivity index (χ2v) is 9.77. The smallest absolute Gasteiger partial charge is 0.250 e. The molecule has 0 spiro atoms. The average molecular weight is 433 g/mol. The zero-order valence-corrected chi connectivity index (χ0v) is 19.1. The molecule has 2 heterocycles. The molecule has 0 unspecified atom stereocenters. The number of nitrogens with two attached hydrogens (primary N) is 1. The van der Waals surface area contributed by atoms with Crippen LogP contribution in [0.1, 0.15) is 62.4 Å². The van der Waals surface area contributed by atoms with Gasteiger partial charge in [0.25, 0.3) is 0 Å². The largest absolute Gasteiger partial charge is 0.437 e. The summed E-state index contributed by atoms with van der Waals surface area (Å²) in [6, 6.07) is 11.9. The Morgan fingerprint density at radius 3 is 2.53 bits per heavy atom. The number of aromatic nitrogens is 2. The highest BCUT2D eigenvalue weighted by atomic mass is 16.5. The zero-order chi connectivity index (χ0) is 22.7. The number of rotatable bonds is 6. The number of amides is 1. The maximum Gasteiger partial charge on any atom is 0.250 e. The molecule has 0 bridgehead atoms. The molecule has 6 heteroatoms. The van der Waals surface area contributed by atoms with E-state index in [4.69, 9.17) is 10.5 Å². The molecule has 4 rings (SSSR count). The number of carbonyl (C=O) groups is 1. The molecule has 1 fully saturated rings. The standard InChI is InChI=1S/C26H32N4O2/c1-26(2,3)19-8-10-20(11-9-19)29-15-17-6-12-22(24-21(17)5-4-14-28-24)32-23-13-7-18(16-30-23)25(27)31/h4-7,12-14,16,19-20,29H,8-11,15H2,1-3H3,(H2,27,31)/t19-,20-. The van der Waals surface area contributed by atoms with Crippen LogP contribution in [0.5, 0.6) is 11.6 Å². The predicted octanol–water partition coefficient (Wildman–Crippen LogP) is 5.22. The Morgan fingerprint density at radius 1 is 1.09 bits per heavy atom. The van der Waals surface area contributed by atoms with Gasteiger partial charge in [0.1, 0.15) is 5.52 Å². The number of pyridine rings is 2. The van der Waals surface area contributed by atoms with Gasteiger partial charge in [-0.15, -0.1) is 0 Å². The number of primary amides is 1. The molecule has 0 atom stereocenters. The van der Waals surface area contributed by atoms with E-state index in [-0.39, 0.29) is 0 Å². The van der Waals surface area contributed by atoms with Crippen molar-refractivity contribution in [3.63, 3.8) is 0 Å². The lowest BCUT2D eigenvalue weighted by atomic mass is 9.71. The van der Waals surface area contributed by atoms with Gasteiger partial charge < -0.3 is 15.8 Å². The molecule has 3 N–H and O–H groups in total. The summed E-state index contributed by atoms with van der Waals surface area (Å²) in [6.07, 6.45) is 8.22. The van der Waals surface area contributed by atoms with E-state index < -0.39 is 5.91 Å². The van der Waals surface area contributed by atoms with Crippen molar-refractivity contribution in [3.05, 3.63) is 59.9 Å². The number of ether oxygens (including phenoxy) is 1. The van der Waals surface area contributed by atoms with Crippen LogP contribution in [0.15, 0.2) is 48.8 Å². The summed E-state index contributed by atoms with van der Waals surface area (Å²) in [5.41, 5.74) is 8.03. The van der Waals surface area contributed by atoms with Crippen molar-refractivity contribution >= 4 is 16.8 Å². The van der Waals surface area contributed by atoms with E-state index in [1.165, 1.54) is 37.4 Å². The minimum Gasteiger partial charge on any atom is -0.437 e. The fourth-order valence-corrected chi connectivity index (χ4v) is 4.56. The topological polar surface area (TPSA) is 90.1 Å². The third-order valence-electron chi connectivity index (χ3n) is 6.59. The normalized spacial score (nSPS) is 19.1. The van der Waals surface area contributed by atoms with E-state index in [1.807, 2.05) is 12.1 Å². The first-order valence-corrected chi connectivity index (χ1v) is 11.3. The molecule has 3 aromatic rings. The number of hydrogen-bond acceptors (Lipinski definition) is 5. The van der Waals surface area contributed by atoms with Crippen molar-refractivity contribution in [2.24, 2.45) is 17.1 Å². The van der Waals surface area contributed by atoms with Crippen molar-refractivity contribution in [2.45, 2.75) is 59.0 Å². The molecule has 1 amide bonds. The third-order valence-corrected chi connectivity index (χ3v) is 6.59. The molecule has 168 valence electrons. The van der Waals surface area contributed by atoms with Crippen molar-refractivity contribution in [1.29, 1.82) is 0 Å². The van der Waals surface area contributed by atoms with Gasteiger partial charge in [-0.3, -0.25) is 9.78 Å². The van der Waals surface area contributed by atoms with E-state index in [1.54, 1.807) is 18.3 Å². The molecular weight excluding hydrogens is 400 g/mol. The molecule has 0 radical (unpaired) electrons. The lowest BCUT2D eigenvalue weighted by Gasteiger charge is -2.37. The van der Waals surface area contributed by atoms with E-state index in [0.717, 1.165) is 23.4 Å². The summed E-state index contributed by atoms with van der Waals surface area (Å²) in [6.45, 7) is 7.88. The first kappa shape index (κ1) is 22.2. The van der Waals surface area contributed by atoms with E-state index in [9.17, 15) is 4.79 Å². The van der Waals surface area contributed by atoms with Gasteiger partial charge in [0.15, 0.2) is 5.75 Å². The lowest BCUT2D eigenvalue weighted by Crippen LogP contribution is -2.35. The summed E-state index contributed by atoms with van der Waals surface area (Å²) < 4.78 is 5.97. The zero-order valence-electron chi connectivity index (χ0n) is 19.1. The van der Waals surface area contributed by atoms with Gasteiger partial charge >= 0.3 is 0 Å². The molecule has 32 heavy (non-hydrogen) atoms. The molecule has 1 aromatic carbocycles. The summed E-state index contributed by atoms with van der Waals surface area (Å²) in [5.74, 6) is 1.32. The van der Waals surface area contributed by atoms with Gasteiger partial charge in [0, 0.05) is 36.4 Å². The second kappa shape index (κ2) is 9.25. The van der Waals surface area contributed by atoms with Crippen LogP contribution in [0.3, 0.4) is 0 Å². The molecular formula is C26H32N4O2. The number of nitrogens with zero attached hydrogens (tertiary/aromatic N) is 2. The molecule has 0 aliphatic heterocycles. The van der Waals surface area contributed by atoms with Crippen molar-refractivity contribution in [2.75, 3.05) is 0 Å². The number of fused-ring (bicyclic) bond motifs is 1.